The standard InChI is InChI=1S/C18H19NO5/c1-19(2)17(21)16(12-7-5-4-6-8-12)24-18(22)14-10-9-13(23-3)11-15(14)20/h4-11,16,20H,1-3H3/t16-/m0/s1. The summed E-state index contributed by atoms with van der Waals surface area (Å²) < 4.78 is 10.3. The molecule has 0 spiro atoms. The molecular weight excluding hydrogens is 310 g/mol. The van der Waals surface area contributed by atoms with Crippen molar-refractivity contribution in [3.63, 3.8) is 0 Å². The molecule has 0 heterocycles. The van der Waals surface area contributed by atoms with Crippen LogP contribution in [0.1, 0.15) is 22.0 Å². The predicted molar refractivity (Wildman–Crippen MR) is 88.0 cm³/mol. The van der Waals surface area contributed by atoms with Gasteiger partial charge in [0.15, 0.2) is 0 Å². The van der Waals surface area contributed by atoms with Crippen LogP contribution in [0.15, 0.2) is 48.5 Å². The average Bonchev–Trinajstić information content (AvgIpc) is 2.59. The van der Waals surface area contributed by atoms with Gasteiger partial charge < -0.3 is 19.5 Å². The van der Waals surface area contributed by atoms with Gasteiger partial charge in [-0.05, 0) is 12.1 Å². The van der Waals surface area contributed by atoms with Crippen molar-refractivity contribution in [1.82, 2.24) is 4.90 Å². The summed E-state index contributed by atoms with van der Waals surface area (Å²) in [5, 5.41) is 9.95. The molecule has 0 aliphatic heterocycles. The number of amides is 1. The number of benzene rings is 2. The number of hydrogen-bond donors (Lipinski definition) is 1. The van der Waals surface area contributed by atoms with E-state index in [2.05, 4.69) is 0 Å². The highest BCUT2D eigenvalue weighted by Crippen LogP contribution is 2.27. The van der Waals surface area contributed by atoms with E-state index in [1.54, 1.807) is 44.4 Å². The fourth-order valence-electron chi connectivity index (χ4n) is 2.10. The van der Waals surface area contributed by atoms with Crippen LogP contribution in [0, 0.1) is 0 Å². The molecule has 6 heteroatoms. The Bertz CT molecular complexity index is 727. The summed E-state index contributed by atoms with van der Waals surface area (Å²) in [6, 6.07) is 12.9. The number of aromatic hydroxyl groups is 1. The smallest absolute Gasteiger partial charge is 0.343 e. The number of phenols is 1. The number of ether oxygens (including phenoxy) is 2. The monoisotopic (exact) mass is 329 g/mol. The molecule has 0 fully saturated rings. The third kappa shape index (κ3) is 3.84. The quantitative estimate of drug-likeness (QED) is 0.853. The van der Waals surface area contributed by atoms with Crippen LogP contribution in [-0.4, -0.2) is 43.1 Å². The van der Waals surface area contributed by atoms with Gasteiger partial charge >= 0.3 is 5.97 Å². The van der Waals surface area contributed by atoms with Crippen molar-refractivity contribution in [1.29, 1.82) is 0 Å². The van der Waals surface area contributed by atoms with Crippen molar-refractivity contribution in [2.24, 2.45) is 0 Å². The number of carbonyl (C=O) groups excluding carboxylic acids is 2. The summed E-state index contributed by atoms with van der Waals surface area (Å²) >= 11 is 0. The lowest BCUT2D eigenvalue weighted by atomic mass is 10.1. The average molecular weight is 329 g/mol. The summed E-state index contributed by atoms with van der Waals surface area (Å²) in [6.07, 6.45) is -1.09. The Morgan fingerprint density at radius 3 is 2.29 bits per heavy atom. The zero-order valence-corrected chi connectivity index (χ0v) is 13.7. The molecule has 0 aromatic heterocycles. The minimum absolute atomic E-state index is 0.0386. The molecule has 24 heavy (non-hydrogen) atoms. The Hall–Kier alpha value is -3.02. The maximum Gasteiger partial charge on any atom is 0.343 e. The van der Waals surface area contributed by atoms with Gasteiger partial charge in [-0.15, -0.1) is 0 Å². The molecule has 0 aliphatic rings. The van der Waals surface area contributed by atoms with Gasteiger partial charge in [0.05, 0.1) is 7.11 Å². The second-order valence-electron chi connectivity index (χ2n) is 5.31. The van der Waals surface area contributed by atoms with Gasteiger partial charge in [-0.1, -0.05) is 30.3 Å². The molecule has 6 nitrogen and oxygen atoms in total. The summed E-state index contributed by atoms with van der Waals surface area (Å²) in [5.74, 6) is -1.03. The van der Waals surface area contributed by atoms with Crippen LogP contribution in [0.4, 0.5) is 0 Å². The first-order chi connectivity index (χ1) is 11.4. The van der Waals surface area contributed by atoms with Gasteiger partial charge in [-0.25, -0.2) is 4.79 Å². The Labute approximate surface area is 140 Å². The molecule has 2 aromatic carbocycles. The molecule has 1 N–H and O–H groups in total. The first-order valence-corrected chi connectivity index (χ1v) is 7.28. The third-order valence-electron chi connectivity index (χ3n) is 3.42. The number of methoxy groups -OCH3 is 1. The van der Waals surface area contributed by atoms with Crippen LogP contribution in [0.5, 0.6) is 11.5 Å². The van der Waals surface area contributed by atoms with E-state index in [0.717, 1.165) is 0 Å². The highest BCUT2D eigenvalue weighted by Gasteiger charge is 2.28. The van der Waals surface area contributed by atoms with Gasteiger partial charge in [0.25, 0.3) is 5.91 Å². The number of carbonyl (C=O) groups is 2. The van der Waals surface area contributed by atoms with Crippen LogP contribution in [0.25, 0.3) is 0 Å². The highest BCUT2D eigenvalue weighted by molar-refractivity contribution is 5.95. The number of phenolic OH excluding ortho intramolecular Hbond substituents is 1. The molecule has 0 saturated heterocycles. The molecule has 0 unspecified atom stereocenters. The molecule has 0 radical (unpaired) electrons. The number of hydrogen-bond acceptors (Lipinski definition) is 5. The lowest BCUT2D eigenvalue weighted by Gasteiger charge is -2.21. The lowest BCUT2D eigenvalue weighted by molar-refractivity contribution is -0.138. The molecule has 1 amide bonds. The largest absolute Gasteiger partial charge is 0.507 e. The molecule has 0 saturated carbocycles. The first-order valence-electron chi connectivity index (χ1n) is 7.28. The Morgan fingerprint density at radius 2 is 1.75 bits per heavy atom. The second-order valence-corrected chi connectivity index (χ2v) is 5.31. The fraction of sp³-hybridized carbons (Fsp3) is 0.222. The summed E-state index contributed by atoms with van der Waals surface area (Å²) in [4.78, 5) is 26.1. The van der Waals surface area contributed by atoms with Crippen molar-refractivity contribution < 1.29 is 24.2 Å². The van der Waals surface area contributed by atoms with E-state index >= 15 is 0 Å². The van der Waals surface area contributed by atoms with Crippen molar-refractivity contribution in [2.45, 2.75) is 6.10 Å². The SMILES string of the molecule is COc1ccc(C(=O)O[C@H](C(=O)N(C)C)c2ccccc2)c(O)c1. The van der Waals surface area contributed by atoms with E-state index in [4.69, 9.17) is 9.47 Å². The lowest BCUT2D eigenvalue weighted by Crippen LogP contribution is -2.31. The van der Waals surface area contributed by atoms with E-state index in [-0.39, 0.29) is 17.2 Å². The molecule has 126 valence electrons. The number of rotatable bonds is 5. The topological polar surface area (TPSA) is 76.1 Å². The van der Waals surface area contributed by atoms with Gasteiger partial charge in [0.2, 0.25) is 6.10 Å². The van der Waals surface area contributed by atoms with Crippen molar-refractivity contribution >= 4 is 11.9 Å². The highest BCUT2D eigenvalue weighted by atomic mass is 16.5. The fourth-order valence-corrected chi connectivity index (χ4v) is 2.10. The van der Waals surface area contributed by atoms with Crippen molar-refractivity contribution in [3.05, 3.63) is 59.7 Å². The summed E-state index contributed by atoms with van der Waals surface area (Å²) in [7, 11) is 4.61. The normalized spacial score (nSPS) is 11.5. The Morgan fingerprint density at radius 1 is 1.08 bits per heavy atom. The van der Waals surface area contributed by atoms with E-state index in [0.29, 0.717) is 11.3 Å². The first kappa shape index (κ1) is 17.3. The van der Waals surface area contributed by atoms with E-state index in [1.165, 1.54) is 30.2 Å². The molecule has 2 rings (SSSR count). The number of esters is 1. The molecular formula is C18H19NO5. The molecule has 1 atom stereocenters. The van der Waals surface area contributed by atoms with Gasteiger partial charge in [-0.2, -0.15) is 0 Å². The predicted octanol–water partition coefficient (Wildman–Crippen LogP) is 2.39. The summed E-state index contributed by atoms with van der Waals surface area (Å²) in [6.45, 7) is 0. The van der Waals surface area contributed by atoms with Crippen LogP contribution in [0.3, 0.4) is 0 Å². The number of nitrogens with zero attached hydrogens (tertiary/aromatic N) is 1. The van der Waals surface area contributed by atoms with Crippen LogP contribution >= 0.6 is 0 Å². The van der Waals surface area contributed by atoms with Gasteiger partial charge in [0.1, 0.15) is 17.1 Å². The van der Waals surface area contributed by atoms with Crippen LogP contribution in [0.2, 0.25) is 0 Å². The summed E-state index contributed by atoms with van der Waals surface area (Å²) in [5.41, 5.74) is 0.515. The molecule has 0 bridgehead atoms. The van der Waals surface area contributed by atoms with E-state index in [1.807, 2.05) is 0 Å². The minimum atomic E-state index is -1.09. The van der Waals surface area contributed by atoms with Crippen molar-refractivity contribution in [2.75, 3.05) is 21.2 Å². The van der Waals surface area contributed by atoms with Crippen LogP contribution in [-0.2, 0) is 9.53 Å². The van der Waals surface area contributed by atoms with Crippen molar-refractivity contribution in [3.8, 4) is 11.5 Å². The third-order valence-corrected chi connectivity index (χ3v) is 3.42. The van der Waals surface area contributed by atoms with Gasteiger partial charge in [-0.3, -0.25) is 4.79 Å². The zero-order chi connectivity index (χ0) is 17.7. The minimum Gasteiger partial charge on any atom is -0.507 e. The zero-order valence-electron chi connectivity index (χ0n) is 13.7. The molecule has 0 aliphatic carbocycles. The Kier molecular flexibility index (Phi) is 5.42. The number of likely N-dealkylation sites (N-methyl/N-ethyl adjacent to an activating group) is 1. The maximum absolute atomic E-state index is 12.4. The van der Waals surface area contributed by atoms with Gasteiger partial charge in [0, 0.05) is 25.7 Å². The second kappa shape index (κ2) is 7.50. The Balaban J connectivity index is 2.29. The van der Waals surface area contributed by atoms with Crippen LogP contribution < -0.4 is 4.74 Å². The maximum atomic E-state index is 12.4. The molecule has 2 aromatic rings. The van der Waals surface area contributed by atoms with E-state index < -0.39 is 12.1 Å². The van der Waals surface area contributed by atoms with E-state index in [9.17, 15) is 14.7 Å².